The fraction of sp³-hybridized carbons (Fsp3) is 0.250. The van der Waals surface area contributed by atoms with Crippen molar-refractivity contribution in [2.75, 3.05) is 36.9 Å². The third-order valence-corrected chi connectivity index (χ3v) is 6.67. The van der Waals surface area contributed by atoms with E-state index in [1.165, 1.54) is 0 Å². The first-order valence-corrected chi connectivity index (χ1v) is 11.4. The lowest BCUT2D eigenvalue weighted by Gasteiger charge is -2.28. The lowest BCUT2D eigenvalue weighted by Crippen LogP contribution is -2.36. The van der Waals surface area contributed by atoms with Crippen molar-refractivity contribution in [1.82, 2.24) is 15.0 Å². The number of rotatable bonds is 5. The molecule has 1 aliphatic rings. The number of benzene rings is 1. The van der Waals surface area contributed by atoms with Crippen LogP contribution in [-0.4, -0.2) is 47.0 Å². The third-order valence-electron chi connectivity index (χ3n) is 5.50. The molecule has 32 heavy (non-hydrogen) atoms. The summed E-state index contributed by atoms with van der Waals surface area (Å²) in [5, 5.41) is 0. The first-order valence-electron chi connectivity index (χ1n) is 10.6. The second-order valence-corrected chi connectivity index (χ2v) is 8.68. The van der Waals surface area contributed by atoms with Crippen molar-refractivity contribution in [2.45, 2.75) is 13.3 Å². The van der Waals surface area contributed by atoms with Gasteiger partial charge in [0.25, 0.3) is 0 Å². The predicted octanol–water partition coefficient (Wildman–Crippen LogP) is 4.43. The van der Waals surface area contributed by atoms with Gasteiger partial charge < -0.3 is 15.4 Å². The Labute approximate surface area is 189 Å². The number of hydrogen-bond donors (Lipinski definition) is 1. The Balaban J connectivity index is 1.65. The van der Waals surface area contributed by atoms with Gasteiger partial charge in [-0.05, 0) is 29.8 Å². The molecular weight excluding hydrogens is 422 g/mol. The molecule has 8 heteroatoms. The van der Waals surface area contributed by atoms with Gasteiger partial charge in [0.05, 0.1) is 23.4 Å². The minimum atomic E-state index is 0.139. The van der Waals surface area contributed by atoms with Crippen LogP contribution in [0.1, 0.15) is 23.7 Å². The number of aromatic nitrogens is 3. The highest BCUT2D eigenvalue weighted by Crippen LogP contribution is 2.39. The lowest BCUT2D eigenvalue weighted by atomic mass is 10.0. The van der Waals surface area contributed by atoms with Crippen LogP contribution in [0.4, 0.5) is 11.6 Å². The molecule has 3 aromatic heterocycles. The van der Waals surface area contributed by atoms with E-state index in [0.717, 1.165) is 50.7 Å². The molecule has 1 fully saturated rings. The molecule has 0 unspecified atom stereocenters. The largest absolute Gasteiger partial charge is 0.384 e. The van der Waals surface area contributed by atoms with Crippen LogP contribution >= 0.6 is 11.3 Å². The summed E-state index contributed by atoms with van der Waals surface area (Å²) in [6.45, 7) is 4.78. The molecule has 2 N–H and O–H groups in total. The monoisotopic (exact) mass is 445 g/mol. The summed E-state index contributed by atoms with van der Waals surface area (Å²) in [5.74, 6) is 2.12. The molecule has 1 saturated heterocycles. The molecule has 0 atom stereocenters. The van der Waals surface area contributed by atoms with Crippen LogP contribution in [0.3, 0.4) is 0 Å². The average molecular weight is 446 g/mol. The number of fused-ring (bicyclic) bond motifs is 1. The number of nitrogens with two attached hydrogens (primary N) is 1. The van der Waals surface area contributed by atoms with E-state index >= 15 is 0 Å². The van der Waals surface area contributed by atoms with Crippen molar-refractivity contribution in [3.05, 3.63) is 54.2 Å². The summed E-state index contributed by atoms with van der Waals surface area (Å²) in [4.78, 5) is 29.5. The quantitative estimate of drug-likeness (QED) is 0.454. The predicted molar refractivity (Wildman–Crippen MR) is 128 cm³/mol. The minimum absolute atomic E-state index is 0.139. The summed E-state index contributed by atoms with van der Waals surface area (Å²) < 4.78 is 6.57. The van der Waals surface area contributed by atoms with Gasteiger partial charge in [0.15, 0.2) is 17.4 Å². The van der Waals surface area contributed by atoms with Crippen LogP contribution in [-0.2, 0) is 4.74 Å². The van der Waals surface area contributed by atoms with Gasteiger partial charge in [-0.2, -0.15) is 0 Å². The fourth-order valence-corrected chi connectivity index (χ4v) is 4.87. The first kappa shape index (κ1) is 20.5. The van der Waals surface area contributed by atoms with E-state index in [4.69, 9.17) is 20.4 Å². The van der Waals surface area contributed by atoms with Crippen molar-refractivity contribution in [2.24, 2.45) is 0 Å². The van der Waals surface area contributed by atoms with E-state index in [1.54, 1.807) is 23.6 Å². The van der Waals surface area contributed by atoms with E-state index in [0.29, 0.717) is 31.3 Å². The molecule has 4 heterocycles. The van der Waals surface area contributed by atoms with Crippen molar-refractivity contribution in [3.63, 3.8) is 0 Å². The van der Waals surface area contributed by atoms with Gasteiger partial charge in [-0.15, -0.1) is 11.3 Å². The molecule has 0 bridgehead atoms. The van der Waals surface area contributed by atoms with E-state index in [-0.39, 0.29) is 5.78 Å². The zero-order valence-corrected chi connectivity index (χ0v) is 18.6. The minimum Gasteiger partial charge on any atom is -0.384 e. The zero-order chi connectivity index (χ0) is 22.1. The van der Waals surface area contributed by atoms with Crippen molar-refractivity contribution < 1.29 is 9.53 Å². The van der Waals surface area contributed by atoms with Crippen LogP contribution in [0.25, 0.3) is 32.0 Å². The Hall–Kier alpha value is -3.36. The van der Waals surface area contributed by atoms with Gasteiger partial charge in [0.2, 0.25) is 0 Å². The average Bonchev–Trinajstić information content (AvgIpc) is 3.28. The topological polar surface area (TPSA) is 94.2 Å². The second kappa shape index (κ2) is 8.64. The molecular formula is C24H23N5O2S. The maximum absolute atomic E-state index is 12.2. The number of ketones is 1. The van der Waals surface area contributed by atoms with Crippen LogP contribution in [0.2, 0.25) is 0 Å². The van der Waals surface area contributed by atoms with E-state index in [2.05, 4.69) is 16.0 Å². The molecule has 7 nitrogen and oxygen atoms in total. The number of morpholine rings is 1. The van der Waals surface area contributed by atoms with Gasteiger partial charge in [-0.1, -0.05) is 25.1 Å². The molecule has 1 aromatic carbocycles. The molecule has 162 valence electrons. The molecule has 1 aliphatic heterocycles. The number of nitrogen functional groups attached to an aromatic ring is 1. The smallest absolute Gasteiger partial charge is 0.163 e. The Morgan fingerprint density at radius 2 is 1.97 bits per heavy atom. The highest BCUT2D eigenvalue weighted by atomic mass is 32.1. The fourth-order valence-electron chi connectivity index (χ4n) is 3.76. The third kappa shape index (κ3) is 3.94. The molecule has 4 aromatic rings. The van der Waals surface area contributed by atoms with Crippen molar-refractivity contribution in [1.29, 1.82) is 0 Å². The van der Waals surface area contributed by atoms with Crippen LogP contribution in [0.15, 0.2) is 48.7 Å². The summed E-state index contributed by atoms with van der Waals surface area (Å²) >= 11 is 1.65. The standard InChI is InChI=1S/C24H23N5O2S/c1-2-19(30)15-4-3-5-16(12-15)20-13-18-22(32-20)24(29-8-10-31-11-9-29)28-23(27-18)17-6-7-21(25)26-14-17/h3-7,12-14H,2,8-11H2,1H3,(H2,25,26). The highest BCUT2D eigenvalue weighted by Gasteiger charge is 2.21. The summed E-state index contributed by atoms with van der Waals surface area (Å²) in [6.07, 6.45) is 2.19. The van der Waals surface area contributed by atoms with Gasteiger partial charge in [-0.25, -0.2) is 15.0 Å². The highest BCUT2D eigenvalue weighted by molar-refractivity contribution is 7.22. The second-order valence-electron chi connectivity index (χ2n) is 7.62. The number of carbonyl (C=O) groups excluding carboxylic acids is 1. The maximum Gasteiger partial charge on any atom is 0.163 e. The Kier molecular flexibility index (Phi) is 5.55. The Bertz CT molecular complexity index is 1280. The molecule has 0 saturated carbocycles. The van der Waals surface area contributed by atoms with Gasteiger partial charge in [-0.3, -0.25) is 4.79 Å². The van der Waals surface area contributed by atoms with Crippen LogP contribution in [0, 0.1) is 0 Å². The number of hydrogen-bond acceptors (Lipinski definition) is 8. The zero-order valence-electron chi connectivity index (χ0n) is 17.7. The SMILES string of the molecule is CCC(=O)c1cccc(-c2cc3nc(-c4ccc(N)nc4)nc(N4CCOCC4)c3s2)c1. The first-order chi connectivity index (χ1) is 15.6. The van der Waals surface area contributed by atoms with Gasteiger partial charge >= 0.3 is 0 Å². The summed E-state index contributed by atoms with van der Waals surface area (Å²) in [7, 11) is 0. The van der Waals surface area contributed by atoms with Crippen LogP contribution < -0.4 is 10.6 Å². The molecule has 0 amide bonds. The van der Waals surface area contributed by atoms with Gasteiger partial charge in [0, 0.05) is 41.7 Å². The molecule has 5 rings (SSSR count). The number of Topliss-reactive ketones (excluding diaryl/α,β-unsaturated/α-hetero) is 1. The number of pyridine rings is 1. The molecule has 0 spiro atoms. The number of carbonyl (C=O) groups is 1. The number of thiophene rings is 1. The lowest BCUT2D eigenvalue weighted by molar-refractivity contribution is 0.0988. The normalized spacial score (nSPS) is 14.1. The number of ether oxygens (including phenoxy) is 1. The van der Waals surface area contributed by atoms with E-state index in [1.807, 2.05) is 37.3 Å². The van der Waals surface area contributed by atoms with Crippen LogP contribution in [0.5, 0.6) is 0 Å². The van der Waals surface area contributed by atoms with Crippen molar-refractivity contribution >= 4 is 39.0 Å². The molecule has 0 aliphatic carbocycles. The summed E-state index contributed by atoms with van der Waals surface area (Å²) in [5.41, 5.74) is 9.19. The van der Waals surface area contributed by atoms with E-state index < -0.39 is 0 Å². The summed E-state index contributed by atoms with van der Waals surface area (Å²) in [6, 6.07) is 13.5. The Morgan fingerprint density at radius 3 is 2.72 bits per heavy atom. The Morgan fingerprint density at radius 1 is 1.12 bits per heavy atom. The number of nitrogens with zero attached hydrogens (tertiary/aromatic N) is 4. The maximum atomic E-state index is 12.2. The van der Waals surface area contributed by atoms with Gasteiger partial charge in [0.1, 0.15) is 5.82 Å². The number of anilines is 2. The van der Waals surface area contributed by atoms with Crippen molar-refractivity contribution in [3.8, 4) is 21.8 Å². The molecule has 0 radical (unpaired) electrons. The van der Waals surface area contributed by atoms with E-state index in [9.17, 15) is 4.79 Å².